The number of benzene rings is 1. The molecule has 0 fully saturated rings. The van der Waals surface area contributed by atoms with Crippen molar-refractivity contribution >= 4 is 0 Å². The largest absolute Gasteiger partial charge is 0.493 e. The average molecular weight is 232 g/mol. The second kappa shape index (κ2) is 4.95. The fourth-order valence-electron chi connectivity index (χ4n) is 1.63. The minimum Gasteiger partial charge on any atom is -0.493 e. The highest BCUT2D eigenvalue weighted by Crippen LogP contribution is 2.22. The Morgan fingerprint density at radius 2 is 1.88 bits per heavy atom. The van der Waals surface area contributed by atoms with Crippen LogP contribution >= 0.6 is 0 Å². The molecule has 0 saturated carbocycles. The van der Waals surface area contributed by atoms with E-state index >= 15 is 0 Å². The fourth-order valence-corrected chi connectivity index (χ4v) is 1.63. The van der Waals surface area contributed by atoms with Gasteiger partial charge in [-0.2, -0.15) is 5.21 Å². The Hall–Kier alpha value is -1.91. The summed E-state index contributed by atoms with van der Waals surface area (Å²) in [5, 5.41) is 13.7. The van der Waals surface area contributed by atoms with Crippen molar-refractivity contribution in [3.05, 3.63) is 34.6 Å². The van der Waals surface area contributed by atoms with E-state index in [0.717, 1.165) is 11.3 Å². The van der Waals surface area contributed by atoms with Crippen molar-refractivity contribution < 1.29 is 4.74 Å². The molecule has 0 unspecified atom stereocenters. The Morgan fingerprint density at radius 3 is 2.59 bits per heavy atom. The Kier molecular flexibility index (Phi) is 3.37. The number of H-pyrrole nitrogens is 1. The van der Waals surface area contributed by atoms with Gasteiger partial charge in [-0.15, -0.1) is 10.2 Å². The lowest BCUT2D eigenvalue weighted by Crippen LogP contribution is -2.04. The van der Waals surface area contributed by atoms with E-state index in [1.807, 2.05) is 0 Å². The quantitative estimate of drug-likeness (QED) is 0.872. The molecule has 5 nitrogen and oxygen atoms in total. The normalized spacial score (nSPS) is 10.5. The van der Waals surface area contributed by atoms with Gasteiger partial charge >= 0.3 is 0 Å². The topological polar surface area (TPSA) is 63.7 Å². The average Bonchev–Trinajstić information content (AvgIpc) is 2.78. The highest BCUT2D eigenvalue weighted by molar-refractivity contribution is 5.40. The second-order valence-electron chi connectivity index (χ2n) is 4.13. The Labute approximate surface area is 100 Å². The van der Waals surface area contributed by atoms with Gasteiger partial charge in [0.2, 0.25) is 0 Å². The van der Waals surface area contributed by atoms with Crippen molar-refractivity contribution in [2.24, 2.45) is 0 Å². The van der Waals surface area contributed by atoms with Crippen LogP contribution in [-0.4, -0.2) is 27.2 Å². The van der Waals surface area contributed by atoms with Crippen LogP contribution in [0.3, 0.4) is 0 Å². The number of nitrogens with zero attached hydrogens (tertiary/aromatic N) is 3. The molecule has 0 atom stereocenters. The van der Waals surface area contributed by atoms with Gasteiger partial charge in [0.1, 0.15) is 5.75 Å². The minimum absolute atomic E-state index is 0.558. The molecule has 0 saturated heterocycles. The first-order valence-electron chi connectivity index (χ1n) is 5.60. The third kappa shape index (κ3) is 2.81. The maximum atomic E-state index is 5.72. The van der Waals surface area contributed by atoms with E-state index in [9.17, 15) is 0 Å². The molecule has 0 aliphatic carbocycles. The Morgan fingerprint density at radius 1 is 1.12 bits per heavy atom. The summed E-state index contributed by atoms with van der Waals surface area (Å²) in [5.74, 6) is 1.60. The number of ether oxygens (including phenoxy) is 1. The summed E-state index contributed by atoms with van der Waals surface area (Å²) in [6, 6.07) is 4.21. The van der Waals surface area contributed by atoms with Gasteiger partial charge in [0.05, 0.1) is 6.61 Å². The molecule has 0 amide bonds. The maximum absolute atomic E-state index is 5.72. The SMILES string of the molecule is Cc1cc(C)c(OCCc2nn[nH]n2)cc1C. The van der Waals surface area contributed by atoms with Crippen LogP contribution in [0.2, 0.25) is 0 Å². The molecule has 1 heterocycles. The van der Waals surface area contributed by atoms with Gasteiger partial charge in [0.25, 0.3) is 0 Å². The number of hydrogen-bond acceptors (Lipinski definition) is 4. The predicted molar refractivity (Wildman–Crippen MR) is 64.0 cm³/mol. The standard InChI is InChI=1S/C12H16N4O/c1-8-6-10(3)11(7-9(8)2)17-5-4-12-13-15-16-14-12/h6-7H,4-5H2,1-3H3,(H,13,14,15,16). The first-order valence-corrected chi connectivity index (χ1v) is 5.60. The van der Waals surface area contributed by atoms with Crippen LogP contribution in [0, 0.1) is 20.8 Å². The first-order chi connectivity index (χ1) is 8.16. The van der Waals surface area contributed by atoms with Crippen LogP contribution in [0.15, 0.2) is 12.1 Å². The molecule has 0 spiro atoms. The van der Waals surface area contributed by atoms with Crippen molar-refractivity contribution in [3.8, 4) is 5.75 Å². The fraction of sp³-hybridized carbons (Fsp3) is 0.417. The van der Waals surface area contributed by atoms with Crippen LogP contribution in [0.1, 0.15) is 22.5 Å². The number of tetrazole rings is 1. The van der Waals surface area contributed by atoms with E-state index in [2.05, 4.69) is 53.5 Å². The van der Waals surface area contributed by atoms with E-state index in [1.54, 1.807) is 0 Å². The van der Waals surface area contributed by atoms with Gasteiger partial charge in [0, 0.05) is 6.42 Å². The zero-order valence-electron chi connectivity index (χ0n) is 10.3. The van der Waals surface area contributed by atoms with Crippen LogP contribution in [-0.2, 0) is 6.42 Å². The molecule has 1 N–H and O–H groups in total. The van der Waals surface area contributed by atoms with Gasteiger partial charge in [-0.3, -0.25) is 0 Å². The summed E-state index contributed by atoms with van der Waals surface area (Å²) < 4.78 is 5.72. The zero-order chi connectivity index (χ0) is 12.3. The van der Waals surface area contributed by atoms with Crippen LogP contribution in [0.4, 0.5) is 0 Å². The van der Waals surface area contributed by atoms with E-state index < -0.39 is 0 Å². The second-order valence-corrected chi connectivity index (χ2v) is 4.13. The molecule has 1 aromatic heterocycles. The smallest absolute Gasteiger partial charge is 0.177 e. The summed E-state index contributed by atoms with van der Waals surface area (Å²) in [7, 11) is 0. The number of rotatable bonds is 4. The van der Waals surface area contributed by atoms with Crippen LogP contribution in [0.5, 0.6) is 5.75 Å². The molecule has 0 aliphatic heterocycles. The molecule has 2 rings (SSSR count). The third-order valence-electron chi connectivity index (χ3n) is 2.76. The first kappa shape index (κ1) is 11.6. The van der Waals surface area contributed by atoms with E-state index in [4.69, 9.17) is 4.74 Å². The monoisotopic (exact) mass is 232 g/mol. The Bertz CT molecular complexity index is 493. The number of aromatic amines is 1. The molecule has 0 bridgehead atoms. The molecule has 0 aliphatic rings. The van der Waals surface area contributed by atoms with Crippen molar-refractivity contribution in [2.45, 2.75) is 27.2 Å². The molecule has 5 heteroatoms. The Balaban J connectivity index is 1.97. The number of nitrogens with one attached hydrogen (secondary N) is 1. The molecular formula is C12H16N4O. The van der Waals surface area contributed by atoms with E-state index in [-0.39, 0.29) is 0 Å². The van der Waals surface area contributed by atoms with Crippen LogP contribution in [0.25, 0.3) is 0 Å². The molecule has 0 radical (unpaired) electrons. The highest BCUT2D eigenvalue weighted by atomic mass is 16.5. The predicted octanol–water partition coefficient (Wildman–Crippen LogP) is 1.75. The summed E-state index contributed by atoms with van der Waals surface area (Å²) in [6.45, 7) is 6.80. The number of hydrogen-bond donors (Lipinski definition) is 1. The highest BCUT2D eigenvalue weighted by Gasteiger charge is 2.04. The van der Waals surface area contributed by atoms with E-state index in [0.29, 0.717) is 18.9 Å². The lowest BCUT2D eigenvalue weighted by Gasteiger charge is -2.10. The van der Waals surface area contributed by atoms with Crippen molar-refractivity contribution in [3.63, 3.8) is 0 Å². The van der Waals surface area contributed by atoms with E-state index in [1.165, 1.54) is 11.1 Å². The minimum atomic E-state index is 0.558. The summed E-state index contributed by atoms with van der Waals surface area (Å²) in [6.07, 6.45) is 0.656. The molecule has 2 aromatic rings. The lowest BCUT2D eigenvalue weighted by atomic mass is 10.1. The summed E-state index contributed by atoms with van der Waals surface area (Å²) in [5.41, 5.74) is 3.68. The third-order valence-corrected chi connectivity index (χ3v) is 2.76. The van der Waals surface area contributed by atoms with Gasteiger partial charge in [0.15, 0.2) is 5.82 Å². The molecule has 90 valence electrons. The summed E-state index contributed by atoms with van der Waals surface area (Å²) >= 11 is 0. The molecular weight excluding hydrogens is 216 g/mol. The van der Waals surface area contributed by atoms with Crippen LogP contribution < -0.4 is 4.74 Å². The van der Waals surface area contributed by atoms with Gasteiger partial charge in [-0.1, -0.05) is 11.3 Å². The van der Waals surface area contributed by atoms with Gasteiger partial charge in [-0.25, -0.2) is 0 Å². The van der Waals surface area contributed by atoms with Gasteiger partial charge in [-0.05, 0) is 43.5 Å². The van der Waals surface area contributed by atoms with Crippen molar-refractivity contribution in [1.82, 2.24) is 20.6 Å². The van der Waals surface area contributed by atoms with Crippen molar-refractivity contribution in [2.75, 3.05) is 6.61 Å². The maximum Gasteiger partial charge on any atom is 0.177 e. The zero-order valence-corrected chi connectivity index (χ0v) is 10.3. The lowest BCUT2D eigenvalue weighted by molar-refractivity contribution is 0.316. The molecule has 1 aromatic carbocycles. The van der Waals surface area contributed by atoms with Crippen molar-refractivity contribution in [1.29, 1.82) is 0 Å². The van der Waals surface area contributed by atoms with Gasteiger partial charge < -0.3 is 4.74 Å². The number of aryl methyl sites for hydroxylation is 3. The summed E-state index contributed by atoms with van der Waals surface area (Å²) in [4.78, 5) is 0. The number of aromatic nitrogens is 4. The molecule has 17 heavy (non-hydrogen) atoms.